The molecule has 0 aromatic heterocycles. The van der Waals surface area contributed by atoms with Gasteiger partial charge in [-0.2, -0.15) is 0 Å². The molecule has 1 aromatic carbocycles. The van der Waals surface area contributed by atoms with Gasteiger partial charge in [-0.25, -0.2) is 13.1 Å². The third-order valence-electron chi connectivity index (χ3n) is 3.41. The fraction of sp³-hybridized carbons (Fsp3) is 0.500. The Bertz CT molecular complexity index is 493. The van der Waals surface area contributed by atoms with Crippen LogP contribution in [0.2, 0.25) is 0 Å². The fourth-order valence-electron chi connectivity index (χ4n) is 2.16. The Morgan fingerprint density at radius 2 is 2.00 bits per heavy atom. The molecule has 1 aliphatic heterocycles. The number of nitrogens with zero attached hydrogens (tertiary/aromatic N) is 1. The number of likely N-dealkylation sites (N-methyl/N-ethyl adjacent to an activating group) is 1. The Labute approximate surface area is 108 Å². The van der Waals surface area contributed by atoms with E-state index < -0.39 is 10.0 Å². The summed E-state index contributed by atoms with van der Waals surface area (Å²) in [6.07, 6.45) is 1.12. The van der Waals surface area contributed by atoms with Crippen molar-refractivity contribution in [3.8, 4) is 0 Å². The second-order valence-electron chi connectivity index (χ2n) is 4.46. The zero-order valence-electron chi connectivity index (χ0n) is 10.7. The molecule has 6 heteroatoms. The van der Waals surface area contributed by atoms with E-state index in [9.17, 15) is 8.42 Å². The number of benzene rings is 1. The molecule has 1 heterocycles. The van der Waals surface area contributed by atoms with Crippen LogP contribution in [0.15, 0.2) is 29.2 Å². The number of rotatable bonds is 4. The predicted octanol–water partition coefficient (Wildman–Crippen LogP) is 0.393. The maximum atomic E-state index is 11.6. The van der Waals surface area contributed by atoms with E-state index in [1.807, 2.05) is 19.2 Å². The highest BCUT2D eigenvalue weighted by atomic mass is 32.2. The van der Waals surface area contributed by atoms with Crippen molar-refractivity contribution < 1.29 is 8.42 Å². The molecule has 18 heavy (non-hydrogen) atoms. The topological polar surface area (TPSA) is 61.4 Å². The van der Waals surface area contributed by atoms with Crippen LogP contribution in [0.25, 0.3) is 0 Å². The number of anilines is 1. The highest BCUT2D eigenvalue weighted by molar-refractivity contribution is 7.89. The van der Waals surface area contributed by atoms with E-state index in [2.05, 4.69) is 14.9 Å². The Hall–Kier alpha value is -1.11. The van der Waals surface area contributed by atoms with E-state index in [-0.39, 0.29) is 0 Å². The lowest BCUT2D eigenvalue weighted by atomic mass is 10.2. The van der Waals surface area contributed by atoms with Crippen molar-refractivity contribution in [1.29, 1.82) is 0 Å². The van der Waals surface area contributed by atoms with Crippen LogP contribution in [0.4, 0.5) is 5.69 Å². The highest BCUT2D eigenvalue weighted by Crippen LogP contribution is 2.20. The van der Waals surface area contributed by atoms with Crippen LogP contribution in [0, 0.1) is 0 Å². The first-order valence-electron chi connectivity index (χ1n) is 6.02. The molecular formula is C12H19N3O2S. The largest absolute Gasteiger partial charge is 0.370 e. The molecule has 2 N–H and O–H groups in total. The summed E-state index contributed by atoms with van der Waals surface area (Å²) in [6, 6.07) is 7.46. The van der Waals surface area contributed by atoms with Crippen LogP contribution < -0.4 is 14.9 Å². The van der Waals surface area contributed by atoms with Crippen molar-refractivity contribution in [2.45, 2.75) is 17.4 Å². The molecule has 1 atom stereocenters. The van der Waals surface area contributed by atoms with Crippen molar-refractivity contribution in [1.82, 2.24) is 10.0 Å². The second kappa shape index (κ2) is 5.26. The standard InChI is InChI=1S/C12H19N3O2S/c1-13-18(16,17)12-5-3-10(4-6-12)15(2)11-7-8-14-9-11/h3-6,11,13-14H,7-9H2,1-2H3. The molecule has 1 aliphatic rings. The van der Waals surface area contributed by atoms with Gasteiger partial charge in [0.25, 0.3) is 0 Å². The van der Waals surface area contributed by atoms with E-state index in [4.69, 9.17) is 0 Å². The predicted molar refractivity (Wildman–Crippen MR) is 72.4 cm³/mol. The molecular weight excluding hydrogens is 250 g/mol. The number of nitrogens with one attached hydrogen (secondary N) is 2. The van der Waals surface area contributed by atoms with E-state index in [1.165, 1.54) is 7.05 Å². The first kappa shape index (κ1) is 13.3. The minimum Gasteiger partial charge on any atom is -0.370 e. The molecule has 1 saturated heterocycles. The molecule has 0 radical (unpaired) electrons. The minimum atomic E-state index is -3.34. The van der Waals surface area contributed by atoms with Crippen molar-refractivity contribution in [2.24, 2.45) is 0 Å². The van der Waals surface area contributed by atoms with Crippen LogP contribution in [0.1, 0.15) is 6.42 Å². The van der Waals surface area contributed by atoms with E-state index in [1.54, 1.807) is 12.1 Å². The quantitative estimate of drug-likeness (QED) is 0.830. The number of sulfonamides is 1. The van der Waals surface area contributed by atoms with Gasteiger partial charge < -0.3 is 10.2 Å². The zero-order chi connectivity index (χ0) is 13.2. The Kier molecular flexibility index (Phi) is 3.89. The molecule has 1 aromatic rings. The van der Waals surface area contributed by atoms with Crippen LogP contribution in [0.3, 0.4) is 0 Å². The number of hydrogen-bond donors (Lipinski definition) is 2. The maximum Gasteiger partial charge on any atom is 0.240 e. The molecule has 0 spiro atoms. The van der Waals surface area contributed by atoms with Gasteiger partial charge >= 0.3 is 0 Å². The molecule has 2 rings (SSSR count). The van der Waals surface area contributed by atoms with Gasteiger partial charge in [0.2, 0.25) is 10.0 Å². The molecule has 5 nitrogen and oxygen atoms in total. The smallest absolute Gasteiger partial charge is 0.240 e. The van der Waals surface area contributed by atoms with Gasteiger partial charge in [0.1, 0.15) is 0 Å². The van der Waals surface area contributed by atoms with Gasteiger partial charge in [-0.15, -0.1) is 0 Å². The molecule has 100 valence electrons. The van der Waals surface area contributed by atoms with E-state index >= 15 is 0 Å². The number of hydrogen-bond acceptors (Lipinski definition) is 4. The van der Waals surface area contributed by atoms with E-state index in [0.29, 0.717) is 10.9 Å². The lowest BCUT2D eigenvalue weighted by Gasteiger charge is -2.26. The van der Waals surface area contributed by atoms with Gasteiger partial charge in [0, 0.05) is 25.3 Å². The summed E-state index contributed by atoms with van der Waals surface area (Å²) in [5.41, 5.74) is 1.04. The summed E-state index contributed by atoms with van der Waals surface area (Å²) in [5, 5.41) is 3.32. The average molecular weight is 269 g/mol. The summed E-state index contributed by atoms with van der Waals surface area (Å²) >= 11 is 0. The van der Waals surface area contributed by atoms with Crippen LogP contribution in [-0.4, -0.2) is 41.6 Å². The van der Waals surface area contributed by atoms with Gasteiger partial charge in [-0.1, -0.05) is 0 Å². The Morgan fingerprint density at radius 1 is 1.33 bits per heavy atom. The van der Waals surface area contributed by atoms with Gasteiger partial charge in [-0.3, -0.25) is 0 Å². The first-order chi connectivity index (χ1) is 8.54. The summed E-state index contributed by atoms with van der Waals surface area (Å²) in [4.78, 5) is 2.49. The summed E-state index contributed by atoms with van der Waals surface area (Å²) < 4.78 is 25.5. The Balaban J connectivity index is 2.17. The van der Waals surface area contributed by atoms with Crippen LogP contribution in [0.5, 0.6) is 0 Å². The lowest BCUT2D eigenvalue weighted by Crippen LogP contribution is -2.33. The van der Waals surface area contributed by atoms with Crippen LogP contribution in [-0.2, 0) is 10.0 Å². The maximum absolute atomic E-state index is 11.6. The van der Waals surface area contributed by atoms with Crippen molar-refractivity contribution in [3.05, 3.63) is 24.3 Å². The first-order valence-corrected chi connectivity index (χ1v) is 7.50. The minimum absolute atomic E-state index is 0.298. The molecule has 1 unspecified atom stereocenters. The normalized spacial score (nSPS) is 20.0. The highest BCUT2D eigenvalue weighted by Gasteiger charge is 2.20. The fourth-order valence-corrected chi connectivity index (χ4v) is 2.89. The lowest BCUT2D eigenvalue weighted by molar-refractivity contribution is 0.588. The van der Waals surface area contributed by atoms with Crippen molar-refractivity contribution in [3.63, 3.8) is 0 Å². The SMILES string of the molecule is CNS(=O)(=O)c1ccc(N(C)C2CCNC2)cc1. The molecule has 0 saturated carbocycles. The summed E-state index contributed by atoms with van der Waals surface area (Å²) in [5.74, 6) is 0. The molecule has 0 aliphatic carbocycles. The average Bonchev–Trinajstić information content (AvgIpc) is 2.92. The van der Waals surface area contributed by atoms with Gasteiger partial charge in [0.05, 0.1) is 4.90 Å². The Morgan fingerprint density at radius 3 is 2.50 bits per heavy atom. The third kappa shape index (κ3) is 2.66. The zero-order valence-corrected chi connectivity index (χ0v) is 11.5. The molecule has 1 fully saturated rings. The van der Waals surface area contributed by atoms with E-state index in [0.717, 1.165) is 25.2 Å². The molecule has 0 bridgehead atoms. The van der Waals surface area contributed by atoms with Crippen molar-refractivity contribution >= 4 is 15.7 Å². The van der Waals surface area contributed by atoms with Gasteiger partial charge in [0.15, 0.2) is 0 Å². The summed E-state index contributed by atoms with van der Waals surface area (Å²) in [7, 11) is 0.117. The van der Waals surface area contributed by atoms with Gasteiger partial charge in [-0.05, 0) is 44.3 Å². The third-order valence-corrected chi connectivity index (χ3v) is 4.84. The summed E-state index contributed by atoms with van der Waals surface area (Å²) in [6.45, 7) is 2.02. The van der Waals surface area contributed by atoms with Crippen molar-refractivity contribution in [2.75, 3.05) is 32.1 Å². The molecule has 0 amide bonds. The monoisotopic (exact) mass is 269 g/mol. The second-order valence-corrected chi connectivity index (χ2v) is 6.35. The van der Waals surface area contributed by atoms with Crippen LogP contribution >= 0.6 is 0 Å².